The molecule has 1 unspecified atom stereocenters. The molecule has 0 amide bonds. The lowest BCUT2D eigenvalue weighted by molar-refractivity contribution is 0.319. The minimum atomic E-state index is 0.303. The van der Waals surface area contributed by atoms with Crippen LogP contribution in [0.4, 0.5) is 5.95 Å². The molecule has 0 aliphatic heterocycles. The number of hydrogen-bond donors (Lipinski definition) is 2. The van der Waals surface area contributed by atoms with Crippen molar-refractivity contribution in [1.82, 2.24) is 9.97 Å². The van der Waals surface area contributed by atoms with Crippen LogP contribution in [0.1, 0.15) is 63.3 Å². The molecule has 0 saturated heterocycles. The first-order chi connectivity index (χ1) is 9.60. The van der Waals surface area contributed by atoms with Gasteiger partial charge < -0.3 is 11.1 Å². The molecule has 1 saturated carbocycles. The Bertz CT molecular complexity index is 424. The highest BCUT2D eigenvalue weighted by atomic mass is 15.1. The monoisotopic (exact) mass is 276 g/mol. The van der Waals surface area contributed by atoms with E-state index in [4.69, 9.17) is 5.73 Å². The number of nitrogens with one attached hydrogen (secondary N) is 1. The zero-order valence-electron chi connectivity index (χ0n) is 13.0. The van der Waals surface area contributed by atoms with Crippen molar-refractivity contribution in [2.24, 2.45) is 11.7 Å². The van der Waals surface area contributed by atoms with Crippen molar-refractivity contribution < 1.29 is 0 Å². The van der Waals surface area contributed by atoms with Crippen molar-refractivity contribution in [1.29, 1.82) is 0 Å². The van der Waals surface area contributed by atoms with Crippen molar-refractivity contribution >= 4 is 5.95 Å². The van der Waals surface area contributed by atoms with Gasteiger partial charge in [-0.05, 0) is 37.7 Å². The van der Waals surface area contributed by atoms with E-state index in [0.717, 1.165) is 17.3 Å². The van der Waals surface area contributed by atoms with E-state index in [1.807, 2.05) is 6.92 Å². The van der Waals surface area contributed by atoms with Crippen LogP contribution in [0.15, 0.2) is 6.07 Å². The van der Waals surface area contributed by atoms with Crippen LogP contribution in [-0.4, -0.2) is 22.6 Å². The van der Waals surface area contributed by atoms with Crippen LogP contribution in [0, 0.1) is 12.8 Å². The molecule has 0 radical (unpaired) electrons. The smallest absolute Gasteiger partial charge is 0.223 e. The maximum Gasteiger partial charge on any atom is 0.223 e. The van der Waals surface area contributed by atoms with E-state index < -0.39 is 0 Å². The van der Waals surface area contributed by atoms with E-state index in [1.165, 1.54) is 32.1 Å². The van der Waals surface area contributed by atoms with Gasteiger partial charge in [-0.1, -0.05) is 33.1 Å². The number of hydrogen-bond acceptors (Lipinski definition) is 4. The molecule has 1 aromatic rings. The van der Waals surface area contributed by atoms with Gasteiger partial charge in [0.05, 0.1) is 0 Å². The minimum Gasteiger partial charge on any atom is -0.350 e. The Hall–Kier alpha value is -1.16. The molecular weight excluding hydrogens is 248 g/mol. The van der Waals surface area contributed by atoms with Crippen LogP contribution < -0.4 is 11.1 Å². The minimum absolute atomic E-state index is 0.303. The molecule has 1 atom stereocenters. The predicted octanol–water partition coefficient (Wildman–Crippen LogP) is 3.23. The number of rotatable bonds is 5. The van der Waals surface area contributed by atoms with Crippen molar-refractivity contribution in [3.8, 4) is 0 Å². The Balaban J connectivity index is 2.10. The van der Waals surface area contributed by atoms with Crippen molar-refractivity contribution in [2.75, 3.05) is 11.9 Å². The third-order valence-electron chi connectivity index (χ3n) is 4.25. The van der Waals surface area contributed by atoms with E-state index in [0.29, 0.717) is 24.4 Å². The standard InChI is InChI=1S/C16H28N4/c1-11(2)14-9-12(3)18-16(19-14)20-15(10-17)13-7-5-4-6-8-13/h9,11,13,15H,4-8,10,17H2,1-3H3,(H,18,19,20). The first kappa shape index (κ1) is 15.2. The average Bonchev–Trinajstić information content (AvgIpc) is 2.45. The Morgan fingerprint density at radius 2 is 1.95 bits per heavy atom. The van der Waals surface area contributed by atoms with E-state index >= 15 is 0 Å². The molecule has 3 N–H and O–H groups in total. The molecular formula is C16H28N4. The fraction of sp³-hybridized carbons (Fsp3) is 0.750. The van der Waals surface area contributed by atoms with Gasteiger partial charge in [0.15, 0.2) is 0 Å². The summed E-state index contributed by atoms with van der Waals surface area (Å²) in [6, 6.07) is 2.37. The summed E-state index contributed by atoms with van der Waals surface area (Å²) in [7, 11) is 0. The van der Waals surface area contributed by atoms with Crippen LogP contribution in [0.2, 0.25) is 0 Å². The maximum atomic E-state index is 5.97. The molecule has 1 aliphatic carbocycles. The van der Waals surface area contributed by atoms with Gasteiger partial charge in [0.25, 0.3) is 0 Å². The summed E-state index contributed by atoms with van der Waals surface area (Å²) in [6.45, 7) is 7.00. The van der Waals surface area contributed by atoms with Gasteiger partial charge in [-0.25, -0.2) is 9.97 Å². The predicted molar refractivity (Wildman–Crippen MR) is 83.9 cm³/mol. The Morgan fingerprint density at radius 3 is 2.55 bits per heavy atom. The quantitative estimate of drug-likeness (QED) is 0.866. The fourth-order valence-electron chi connectivity index (χ4n) is 3.02. The second-order valence-corrected chi connectivity index (χ2v) is 6.30. The summed E-state index contributed by atoms with van der Waals surface area (Å²) >= 11 is 0. The lowest BCUT2D eigenvalue weighted by Crippen LogP contribution is -2.38. The number of aromatic nitrogens is 2. The molecule has 4 heteroatoms. The van der Waals surface area contributed by atoms with E-state index in [2.05, 4.69) is 35.2 Å². The Morgan fingerprint density at radius 1 is 1.25 bits per heavy atom. The number of nitrogens with two attached hydrogens (primary N) is 1. The van der Waals surface area contributed by atoms with Crippen LogP contribution >= 0.6 is 0 Å². The number of nitrogens with zero attached hydrogens (tertiary/aromatic N) is 2. The molecule has 0 spiro atoms. The topological polar surface area (TPSA) is 63.8 Å². The summed E-state index contributed by atoms with van der Waals surface area (Å²) in [4.78, 5) is 9.16. The molecule has 0 aromatic carbocycles. The number of aryl methyl sites for hydroxylation is 1. The van der Waals surface area contributed by atoms with Gasteiger partial charge in [-0.15, -0.1) is 0 Å². The summed E-state index contributed by atoms with van der Waals surface area (Å²) in [5, 5.41) is 3.49. The van der Waals surface area contributed by atoms with Gasteiger partial charge in [-0.3, -0.25) is 0 Å². The van der Waals surface area contributed by atoms with Crippen LogP contribution in [0.5, 0.6) is 0 Å². The highest BCUT2D eigenvalue weighted by molar-refractivity contribution is 5.31. The van der Waals surface area contributed by atoms with Crippen LogP contribution in [0.25, 0.3) is 0 Å². The van der Waals surface area contributed by atoms with Crippen molar-refractivity contribution in [3.63, 3.8) is 0 Å². The van der Waals surface area contributed by atoms with Gasteiger partial charge in [-0.2, -0.15) is 0 Å². The lowest BCUT2D eigenvalue weighted by atomic mass is 9.84. The molecule has 2 rings (SSSR count). The molecule has 20 heavy (non-hydrogen) atoms. The zero-order chi connectivity index (χ0) is 14.5. The average molecular weight is 276 g/mol. The normalized spacial score (nSPS) is 18.2. The van der Waals surface area contributed by atoms with Crippen LogP contribution in [0.3, 0.4) is 0 Å². The summed E-state index contributed by atoms with van der Waals surface area (Å²) in [5.41, 5.74) is 8.09. The zero-order valence-corrected chi connectivity index (χ0v) is 13.0. The molecule has 4 nitrogen and oxygen atoms in total. The molecule has 1 heterocycles. The van der Waals surface area contributed by atoms with Gasteiger partial charge >= 0.3 is 0 Å². The number of anilines is 1. The summed E-state index contributed by atoms with van der Waals surface area (Å²) in [5.74, 6) is 1.83. The van der Waals surface area contributed by atoms with Gasteiger partial charge in [0.1, 0.15) is 0 Å². The fourth-order valence-corrected chi connectivity index (χ4v) is 3.02. The SMILES string of the molecule is Cc1cc(C(C)C)nc(NC(CN)C2CCCCC2)n1. The van der Waals surface area contributed by atoms with E-state index in [9.17, 15) is 0 Å². The van der Waals surface area contributed by atoms with Crippen LogP contribution in [-0.2, 0) is 0 Å². The third-order valence-corrected chi connectivity index (χ3v) is 4.25. The second-order valence-electron chi connectivity index (χ2n) is 6.30. The molecule has 1 aromatic heterocycles. The Labute approximate surface area is 122 Å². The van der Waals surface area contributed by atoms with Gasteiger partial charge in [0.2, 0.25) is 5.95 Å². The van der Waals surface area contributed by atoms with E-state index in [1.54, 1.807) is 0 Å². The molecule has 1 fully saturated rings. The van der Waals surface area contributed by atoms with Gasteiger partial charge in [0, 0.05) is 24.0 Å². The molecule has 1 aliphatic rings. The maximum absolute atomic E-state index is 5.97. The largest absolute Gasteiger partial charge is 0.350 e. The summed E-state index contributed by atoms with van der Waals surface area (Å²) in [6.07, 6.45) is 6.57. The van der Waals surface area contributed by atoms with Crippen molar-refractivity contribution in [2.45, 2.75) is 64.8 Å². The van der Waals surface area contributed by atoms with Crippen molar-refractivity contribution in [3.05, 3.63) is 17.5 Å². The molecule has 0 bridgehead atoms. The summed E-state index contributed by atoms with van der Waals surface area (Å²) < 4.78 is 0. The first-order valence-electron chi connectivity index (χ1n) is 7.92. The Kier molecular flexibility index (Phi) is 5.35. The van der Waals surface area contributed by atoms with E-state index in [-0.39, 0.29) is 0 Å². The third kappa shape index (κ3) is 3.92. The molecule has 112 valence electrons. The first-order valence-corrected chi connectivity index (χ1v) is 7.92. The lowest BCUT2D eigenvalue weighted by Gasteiger charge is -2.30. The highest BCUT2D eigenvalue weighted by Crippen LogP contribution is 2.27. The second kappa shape index (κ2) is 7.02. The highest BCUT2D eigenvalue weighted by Gasteiger charge is 2.23.